The van der Waals surface area contributed by atoms with E-state index in [1.165, 1.54) is 22.5 Å². The molecule has 1 aliphatic heterocycles. The first-order valence-corrected chi connectivity index (χ1v) is 12.7. The third kappa shape index (κ3) is 4.99. The lowest BCUT2D eigenvalue weighted by atomic mass is 10.1. The molecule has 0 radical (unpaired) electrons. The Morgan fingerprint density at radius 3 is 2.12 bits per heavy atom. The fourth-order valence-corrected chi connectivity index (χ4v) is 5.54. The highest BCUT2D eigenvalue weighted by Gasteiger charge is 2.28. The summed E-state index contributed by atoms with van der Waals surface area (Å²) in [7, 11) is -3.69. The molecular formula is C25H24ClN3O4S. The van der Waals surface area contributed by atoms with Crippen LogP contribution in [0.1, 0.15) is 39.1 Å². The molecule has 0 bridgehead atoms. The quantitative estimate of drug-likeness (QED) is 0.504. The number of sulfonamides is 1. The Morgan fingerprint density at radius 1 is 0.853 bits per heavy atom. The van der Waals surface area contributed by atoms with E-state index in [-0.39, 0.29) is 21.4 Å². The summed E-state index contributed by atoms with van der Waals surface area (Å²) in [5.41, 5.74) is 2.24. The number of amides is 2. The van der Waals surface area contributed by atoms with Crippen molar-refractivity contribution in [2.75, 3.05) is 23.7 Å². The molecule has 0 atom stereocenters. The number of nitrogens with one attached hydrogen (secondary N) is 2. The Kier molecular flexibility index (Phi) is 7.02. The van der Waals surface area contributed by atoms with E-state index in [2.05, 4.69) is 10.6 Å². The molecule has 1 aliphatic rings. The Morgan fingerprint density at radius 2 is 1.47 bits per heavy atom. The summed E-state index contributed by atoms with van der Waals surface area (Å²) in [5, 5.41) is 5.78. The summed E-state index contributed by atoms with van der Waals surface area (Å²) in [6, 6.07) is 18.1. The zero-order valence-corrected chi connectivity index (χ0v) is 20.1. The Hall–Kier alpha value is -3.20. The van der Waals surface area contributed by atoms with Gasteiger partial charge in [-0.15, -0.1) is 0 Å². The largest absolute Gasteiger partial charge is 0.322 e. The van der Waals surface area contributed by atoms with Crippen molar-refractivity contribution in [2.45, 2.75) is 24.7 Å². The molecule has 34 heavy (non-hydrogen) atoms. The Bertz CT molecular complexity index is 1340. The summed E-state index contributed by atoms with van der Waals surface area (Å²) in [6.45, 7) is 2.70. The number of carbonyl (C=O) groups excluding carboxylic acids is 2. The molecule has 1 saturated heterocycles. The number of hydrogen-bond acceptors (Lipinski definition) is 4. The van der Waals surface area contributed by atoms with E-state index in [0.29, 0.717) is 35.6 Å². The van der Waals surface area contributed by atoms with Crippen molar-refractivity contribution >= 4 is 44.8 Å². The lowest BCUT2D eigenvalue weighted by Crippen LogP contribution is -2.28. The average Bonchev–Trinajstić information content (AvgIpc) is 3.38. The van der Waals surface area contributed by atoms with Crippen LogP contribution in [0.15, 0.2) is 71.6 Å². The van der Waals surface area contributed by atoms with Crippen LogP contribution in [0.4, 0.5) is 11.4 Å². The molecule has 176 valence electrons. The topological polar surface area (TPSA) is 95.6 Å². The van der Waals surface area contributed by atoms with Gasteiger partial charge in [0.1, 0.15) is 0 Å². The van der Waals surface area contributed by atoms with Crippen molar-refractivity contribution in [3.8, 4) is 0 Å². The summed E-state index contributed by atoms with van der Waals surface area (Å²) in [6.07, 6.45) is 1.63. The molecule has 3 aromatic rings. The van der Waals surface area contributed by atoms with Crippen molar-refractivity contribution in [1.82, 2.24) is 4.31 Å². The first kappa shape index (κ1) is 23.9. The van der Waals surface area contributed by atoms with Crippen LogP contribution < -0.4 is 10.6 Å². The first-order valence-electron chi connectivity index (χ1n) is 10.8. The number of rotatable bonds is 6. The molecule has 0 unspecified atom stereocenters. The highest BCUT2D eigenvalue weighted by Crippen LogP contribution is 2.28. The van der Waals surface area contributed by atoms with Crippen molar-refractivity contribution in [1.29, 1.82) is 0 Å². The van der Waals surface area contributed by atoms with Crippen LogP contribution in [-0.4, -0.2) is 37.6 Å². The van der Waals surface area contributed by atoms with Crippen LogP contribution in [-0.2, 0) is 10.0 Å². The first-order chi connectivity index (χ1) is 16.3. The molecule has 9 heteroatoms. The predicted octanol–water partition coefficient (Wildman–Crippen LogP) is 4.94. The normalized spacial score (nSPS) is 14.1. The molecule has 4 rings (SSSR count). The van der Waals surface area contributed by atoms with Crippen LogP contribution in [0.5, 0.6) is 0 Å². The lowest BCUT2D eigenvalue weighted by molar-refractivity contribution is 0.101. The van der Waals surface area contributed by atoms with E-state index in [9.17, 15) is 18.0 Å². The highest BCUT2D eigenvalue weighted by molar-refractivity contribution is 7.89. The minimum Gasteiger partial charge on any atom is -0.322 e. The number of benzene rings is 3. The maximum absolute atomic E-state index is 13.1. The van der Waals surface area contributed by atoms with Crippen molar-refractivity contribution in [2.24, 2.45) is 0 Å². The Labute approximate surface area is 203 Å². The molecular weight excluding hydrogens is 474 g/mol. The minimum atomic E-state index is -3.69. The summed E-state index contributed by atoms with van der Waals surface area (Å²) in [5.74, 6) is -0.812. The van der Waals surface area contributed by atoms with Crippen molar-refractivity contribution in [3.05, 3.63) is 88.4 Å². The molecule has 1 fully saturated rings. The molecule has 3 aromatic carbocycles. The lowest BCUT2D eigenvalue weighted by Gasteiger charge is -2.17. The zero-order valence-electron chi connectivity index (χ0n) is 18.5. The highest BCUT2D eigenvalue weighted by atomic mass is 35.5. The second-order valence-corrected chi connectivity index (χ2v) is 10.4. The van der Waals surface area contributed by atoms with Gasteiger partial charge in [0.25, 0.3) is 11.8 Å². The van der Waals surface area contributed by atoms with E-state index in [0.717, 1.165) is 12.8 Å². The number of carbonyl (C=O) groups is 2. The van der Waals surface area contributed by atoms with Crippen LogP contribution >= 0.6 is 11.6 Å². The van der Waals surface area contributed by atoms with Crippen LogP contribution in [0.3, 0.4) is 0 Å². The molecule has 2 N–H and O–H groups in total. The van der Waals surface area contributed by atoms with Gasteiger partial charge in [-0.05, 0) is 67.8 Å². The molecule has 2 amide bonds. The standard InChI is InChI=1S/C25H24ClN3O4S/c1-17-22(27-24(30)18-8-3-2-4-9-18)10-7-11-23(17)28-25(31)20-16-19(12-13-21(20)26)34(32,33)29-14-5-6-15-29/h2-4,7-13,16H,5-6,14-15H2,1H3,(H,27,30)(H,28,31). The number of hydrogen-bond donors (Lipinski definition) is 2. The maximum atomic E-state index is 13.1. The molecule has 1 heterocycles. The summed E-state index contributed by atoms with van der Waals surface area (Å²) in [4.78, 5) is 25.6. The molecule has 0 spiro atoms. The summed E-state index contributed by atoms with van der Waals surface area (Å²) < 4.78 is 27.2. The van der Waals surface area contributed by atoms with Gasteiger partial charge in [-0.25, -0.2) is 8.42 Å². The van der Waals surface area contributed by atoms with Gasteiger partial charge in [-0.2, -0.15) is 4.31 Å². The molecule has 0 aliphatic carbocycles. The van der Waals surface area contributed by atoms with Crippen molar-refractivity contribution < 1.29 is 18.0 Å². The second kappa shape index (κ2) is 9.97. The van der Waals surface area contributed by atoms with Gasteiger partial charge in [-0.1, -0.05) is 35.9 Å². The average molecular weight is 498 g/mol. The van der Waals surface area contributed by atoms with E-state index >= 15 is 0 Å². The maximum Gasteiger partial charge on any atom is 0.257 e. The van der Waals surface area contributed by atoms with Gasteiger partial charge in [0, 0.05) is 30.0 Å². The predicted molar refractivity (Wildman–Crippen MR) is 133 cm³/mol. The third-order valence-corrected chi connectivity index (χ3v) is 7.98. The number of anilines is 2. The van der Waals surface area contributed by atoms with Crippen LogP contribution in [0.25, 0.3) is 0 Å². The third-order valence-electron chi connectivity index (χ3n) is 5.75. The monoisotopic (exact) mass is 497 g/mol. The van der Waals surface area contributed by atoms with Crippen molar-refractivity contribution in [3.63, 3.8) is 0 Å². The van der Waals surface area contributed by atoms with Crippen LogP contribution in [0.2, 0.25) is 5.02 Å². The second-order valence-electron chi connectivity index (χ2n) is 8.01. The van der Waals surface area contributed by atoms with E-state index < -0.39 is 15.9 Å². The number of nitrogens with zero attached hydrogens (tertiary/aromatic N) is 1. The fraction of sp³-hybridized carbons (Fsp3) is 0.200. The van der Waals surface area contributed by atoms with Gasteiger partial charge < -0.3 is 10.6 Å². The van der Waals surface area contributed by atoms with Gasteiger partial charge in [0.15, 0.2) is 0 Å². The number of halogens is 1. The zero-order chi connectivity index (χ0) is 24.3. The van der Waals surface area contributed by atoms with E-state index in [1.54, 1.807) is 49.4 Å². The summed E-state index contributed by atoms with van der Waals surface area (Å²) >= 11 is 6.25. The van der Waals surface area contributed by atoms with Gasteiger partial charge in [-0.3, -0.25) is 9.59 Å². The van der Waals surface area contributed by atoms with Gasteiger partial charge >= 0.3 is 0 Å². The Balaban J connectivity index is 1.56. The molecule has 7 nitrogen and oxygen atoms in total. The fourth-order valence-electron chi connectivity index (χ4n) is 3.80. The van der Waals surface area contributed by atoms with E-state index in [1.807, 2.05) is 6.07 Å². The van der Waals surface area contributed by atoms with Gasteiger partial charge in [0.05, 0.1) is 15.5 Å². The molecule has 0 saturated carbocycles. The SMILES string of the molecule is Cc1c(NC(=O)c2ccccc2)cccc1NC(=O)c1cc(S(=O)(=O)N2CCCC2)ccc1Cl. The van der Waals surface area contributed by atoms with E-state index in [4.69, 9.17) is 11.6 Å². The van der Waals surface area contributed by atoms with Gasteiger partial charge in [0.2, 0.25) is 10.0 Å². The van der Waals surface area contributed by atoms with Crippen LogP contribution in [0, 0.1) is 6.92 Å². The smallest absolute Gasteiger partial charge is 0.257 e. The molecule has 0 aromatic heterocycles. The minimum absolute atomic E-state index is 0.0320.